The van der Waals surface area contributed by atoms with Gasteiger partial charge >= 0.3 is 6.18 Å². The minimum atomic E-state index is -4.47. The maximum atomic E-state index is 12.8. The fraction of sp³-hybridized carbons (Fsp3) is 0.320. The Morgan fingerprint density at radius 1 is 1.14 bits per heavy atom. The van der Waals surface area contributed by atoms with Crippen molar-refractivity contribution in [2.24, 2.45) is 7.05 Å². The maximum absolute atomic E-state index is 12.8. The van der Waals surface area contributed by atoms with Gasteiger partial charge in [-0.05, 0) is 30.5 Å². The predicted molar refractivity (Wildman–Crippen MR) is 125 cm³/mol. The number of aryl methyl sites for hydroxylation is 1. The Balaban J connectivity index is 1.31. The fourth-order valence-corrected chi connectivity index (χ4v) is 4.10. The maximum Gasteiger partial charge on any atom is 0.417 e. The van der Waals surface area contributed by atoms with Crippen LogP contribution in [0.3, 0.4) is 0 Å². The highest BCUT2D eigenvalue weighted by Gasteiger charge is 2.30. The number of halogens is 3. The Kier molecular flexibility index (Phi) is 6.64. The van der Waals surface area contributed by atoms with Gasteiger partial charge in [-0.2, -0.15) is 23.3 Å². The lowest BCUT2D eigenvalue weighted by Crippen LogP contribution is -2.34. The second-order valence-corrected chi connectivity index (χ2v) is 8.70. The molecule has 1 aliphatic rings. The van der Waals surface area contributed by atoms with Crippen LogP contribution in [0.4, 0.5) is 13.2 Å². The number of nitrogens with zero attached hydrogens (tertiary/aromatic N) is 6. The average Bonchev–Trinajstić information content (AvgIpc) is 3.51. The standard InChI is InChI=1S/C25H23F3N6O3/c1-33-20(15-36-21-9-8-18(12-29-21)25(26,27)28)19(13-30-33)24-31-23(32-37-24)17-6-4-5-16(11-17)14-34-10-3-2-7-22(34)35/h4-6,8-9,11-13H,2-3,7,10,14-15H2,1H3. The van der Waals surface area contributed by atoms with E-state index in [0.717, 1.165) is 48.8 Å². The molecule has 1 aromatic carbocycles. The molecule has 1 amide bonds. The highest BCUT2D eigenvalue weighted by atomic mass is 19.4. The number of carbonyl (C=O) groups excluding carboxylic acids is 1. The van der Waals surface area contributed by atoms with E-state index < -0.39 is 11.7 Å². The first-order chi connectivity index (χ1) is 17.8. The number of rotatable bonds is 7. The number of ether oxygens (including phenoxy) is 1. The summed E-state index contributed by atoms with van der Waals surface area (Å²) in [6.45, 7) is 1.25. The lowest BCUT2D eigenvalue weighted by molar-refractivity contribution is -0.138. The molecule has 0 saturated carbocycles. The number of hydrogen-bond donors (Lipinski definition) is 0. The van der Waals surface area contributed by atoms with Gasteiger partial charge in [0.2, 0.25) is 17.6 Å². The molecule has 1 aliphatic heterocycles. The van der Waals surface area contributed by atoms with Crippen molar-refractivity contribution in [2.45, 2.75) is 38.6 Å². The first-order valence-electron chi connectivity index (χ1n) is 11.7. The van der Waals surface area contributed by atoms with Crippen LogP contribution in [0, 0.1) is 0 Å². The number of amides is 1. The Hall–Kier alpha value is -4.22. The minimum absolute atomic E-state index is 0.0265. The summed E-state index contributed by atoms with van der Waals surface area (Å²) in [7, 11) is 1.70. The van der Waals surface area contributed by atoms with Gasteiger partial charge in [0.25, 0.3) is 5.89 Å². The van der Waals surface area contributed by atoms with Crippen molar-refractivity contribution in [1.29, 1.82) is 0 Å². The average molecular weight is 512 g/mol. The monoisotopic (exact) mass is 512 g/mol. The molecule has 5 rings (SSSR count). The first-order valence-corrected chi connectivity index (χ1v) is 11.7. The number of piperidine rings is 1. The first kappa shape index (κ1) is 24.5. The molecule has 3 aromatic heterocycles. The van der Waals surface area contributed by atoms with E-state index in [1.54, 1.807) is 17.9 Å². The smallest absolute Gasteiger partial charge is 0.417 e. The minimum Gasteiger partial charge on any atom is -0.471 e. The molecule has 0 unspecified atom stereocenters. The van der Waals surface area contributed by atoms with Crippen LogP contribution in [0.15, 0.2) is 53.3 Å². The molecule has 4 aromatic rings. The van der Waals surface area contributed by atoms with Crippen LogP contribution < -0.4 is 4.74 Å². The second kappa shape index (κ2) is 10.0. The van der Waals surface area contributed by atoms with Gasteiger partial charge in [-0.3, -0.25) is 9.48 Å². The van der Waals surface area contributed by atoms with Gasteiger partial charge in [0.1, 0.15) is 6.61 Å². The van der Waals surface area contributed by atoms with E-state index in [1.165, 1.54) is 0 Å². The van der Waals surface area contributed by atoms with Crippen molar-refractivity contribution in [3.8, 4) is 28.7 Å². The zero-order chi connectivity index (χ0) is 26.0. The quantitative estimate of drug-likeness (QED) is 0.356. The van der Waals surface area contributed by atoms with Crippen LogP contribution in [-0.2, 0) is 31.2 Å². The molecular weight excluding hydrogens is 489 g/mol. The van der Waals surface area contributed by atoms with Crippen LogP contribution >= 0.6 is 0 Å². The van der Waals surface area contributed by atoms with Crippen LogP contribution in [0.5, 0.6) is 5.88 Å². The zero-order valence-electron chi connectivity index (χ0n) is 19.9. The summed E-state index contributed by atoms with van der Waals surface area (Å²) in [5.41, 5.74) is 1.97. The summed E-state index contributed by atoms with van der Waals surface area (Å²) in [5.74, 6) is 0.798. The SMILES string of the molecule is Cn1ncc(-c2nc(-c3cccc(CN4CCCCC4=O)c3)no2)c1COc1ccc(C(F)(F)F)cn1. The molecule has 192 valence electrons. The summed E-state index contributed by atoms with van der Waals surface area (Å²) < 4.78 is 50.9. The van der Waals surface area contributed by atoms with Crippen molar-refractivity contribution in [3.05, 3.63) is 65.6 Å². The Labute approximate surface area is 209 Å². The largest absolute Gasteiger partial charge is 0.471 e. The Morgan fingerprint density at radius 3 is 2.76 bits per heavy atom. The van der Waals surface area contributed by atoms with Crippen LogP contribution in [0.25, 0.3) is 22.8 Å². The topological polar surface area (TPSA) is 99.2 Å². The zero-order valence-corrected chi connectivity index (χ0v) is 19.9. The van der Waals surface area contributed by atoms with Gasteiger partial charge < -0.3 is 14.2 Å². The summed E-state index contributed by atoms with van der Waals surface area (Å²) >= 11 is 0. The van der Waals surface area contributed by atoms with Crippen LogP contribution in [0.1, 0.15) is 36.1 Å². The summed E-state index contributed by atoms with van der Waals surface area (Å²) in [5, 5.41) is 8.33. The molecule has 9 nitrogen and oxygen atoms in total. The molecule has 0 N–H and O–H groups in total. The number of carbonyl (C=O) groups is 1. The van der Waals surface area contributed by atoms with E-state index in [9.17, 15) is 18.0 Å². The van der Waals surface area contributed by atoms with Gasteiger partial charge in [0.05, 0.1) is 23.0 Å². The van der Waals surface area contributed by atoms with E-state index in [0.29, 0.717) is 30.0 Å². The molecule has 37 heavy (non-hydrogen) atoms. The predicted octanol–water partition coefficient (Wildman–Crippen LogP) is 4.64. The molecule has 0 radical (unpaired) electrons. The van der Waals surface area contributed by atoms with Crippen molar-refractivity contribution in [2.75, 3.05) is 6.54 Å². The normalized spacial score (nSPS) is 14.3. The molecule has 0 aliphatic carbocycles. The van der Waals surface area contributed by atoms with E-state index in [2.05, 4.69) is 20.2 Å². The number of hydrogen-bond acceptors (Lipinski definition) is 7. The molecule has 0 spiro atoms. The van der Waals surface area contributed by atoms with Crippen LogP contribution in [-0.4, -0.2) is 42.3 Å². The lowest BCUT2D eigenvalue weighted by Gasteiger charge is -2.26. The Morgan fingerprint density at radius 2 is 2.00 bits per heavy atom. The lowest BCUT2D eigenvalue weighted by atomic mass is 10.1. The van der Waals surface area contributed by atoms with Crippen molar-refractivity contribution in [3.63, 3.8) is 0 Å². The van der Waals surface area contributed by atoms with Crippen LogP contribution in [0.2, 0.25) is 0 Å². The number of alkyl halides is 3. The third kappa shape index (κ3) is 5.47. The fourth-order valence-electron chi connectivity index (χ4n) is 4.10. The number of likely N-dealkylation sites (tertiary alicyclic amines) is 1. The number of aromatic nitrogens is 5. The summed E-state index contributed by atoms with van der Waals surface area (Å²) in [6.07, 6.45) is 0.323. The molecule has 1 fully saturated rings. The number of benzene rings is 1. The second-order valence-electron chi connectivity index (χ2n) is 8.70. The number of pyridine rings is 1. The van der Waals surface area contributed by atoms with Crippen molar-refractivity contribution >= 4 is 5.91 Å². The molecule has 4 heterocycles. The van der Waals surface area contributed by atoms with Crippen molar-refractivity contribution in [1.82, 2.24) is 29.8 Å². The third-order valence-corrected chi connectivity index (χ3v) is 6.12. The Bertz CT molecular complexity index is 1400. The van der Waals surface area contributed by atoms with Gasteiger partial charge in [-0.15, -0.1) is 0 Å². The van der Waals surface area contributed by atoms with E-state index in [1.807, 2.05) is 29.2 Å². The third-order valence-electron chi connectivity index (χ3n) is 6.12. The molecule has 0 bridgehead atoms. The summed E-state index contributed by atoms with van der Waals surface area (Å²) in [6, 6.07) is 9.70. The highest BCUT2D eigenvalue weighted by Crippen LogP contribution is 2.30. The van der Waals surface area contributed by atoms with Gasteiger partial charge in [-0.1, -0.05) is 23.4 Å². The summed E-state index contributed by atoms with van der Waals surface area (Å²) in [4.78, 5) is 22.3. The van der Waals surface area contributed by atoms with E-state index in [-0.39, 0.29) is 24.3 Å². The molecule has 12 heteroatoms. The van der Waals surface area contributed by atoms with Gasteiger partial charge in [0, 0.05) is 44.4 Å². The van der Waals surface area contributed by atoms with Gasteiger partial charge in [0.15, 0.2) is 0 Å². The highest BCUT2D eigenvalue weighted by molar-refractivity contribution is 5.76. The van der Waals surface area contributed by atoms with Gasteiger partial charge in [-0.25, -0.2) is 4.98 Å². The molecular formula is C25H23F3N6O3. The molecule has 1 saturated heterocycles. The van der Waals surface area contributed by atoms with Crippen molar-refractivity contribution < 1.29 is 27.2 Å². The molecule has 0 atom stereocenters. The van der Waals surface area contributed by atoms with E-state index in [4.69, 9.17) is 9.26 Å². The van der Waals surface area contributed by atoms with E-state index >= 15 is 0 Å².